The molecular formula is C16H19NO3. The first-order valence-electron chi connectivity index (χ1n) is 7.28. The van der Waals surface area contributed by atoms with E-state index < -0.39 is 12.0 Å². The molecule has 4 heteroatoms. The van der Waals surface area contributed by atoms with E-state index in [1.54, 1.807) is 0 Å². The maximum absolute atomic E-state index is 12.3. The Morgan fingerprint density at radius 1 is 1.20 bits per heavy atom. The molecule has 0 unspecified atom stereocenters. The number of likely N-dealkylation sites (tertiary alicyclic amines) is 1. The van der Waals surface area contributed by atoms with Crippen LogP contribution in [-0.2, 0) is 28.9 Å². The Morgan fingerprint density at radius 3 is 2.80 bits per heavy atom. The van der Waals surface area contributed by atoms with Crippen LogP contribution >= 0.6 is 0 Å². The second-order valence-electron chi connectivity index (χ2n) is 5.72. The standard InChI is InChI=1S/C16H19NO3/c18-15(17-8-2-5-14(17)16(19)20)10-11-6-7-12-3-1-4-13(12)9-11/h6-7,9,14H,1-5,8,10H2,(H,19,20)/t14-/m1/s1. The molecule has 1 amide bonds. The number of nitrogens with zero attached hydrogens (tertiary/aromatic N) is 1. The van der Waals surface area contributed by atoms with Gasteiger partial charge in [-0.2, -0.15) is 0 Å². The smallest absolute Gasteiger partial charge is 0.326 e. The number of carboxylic acid groups (broad SMARTS) is 1. The third kappa shape index (κ3) is 2.42. The van der Waals surface area contributed by atoms with Crippen LogP contribution in [0.3, 0.4) is 0 Å². The molecule has 20 heavy (non-hydrogen) atoms. The summed E-state index contributed by atoms with van der Waals surface area (Å²) in [6.45, 7) is 0.570. The molecule has 1 aromatic rings. The van der Waals surface area contributed by atoms with Crippen molar-refractivity contribution in [2.24, 2.45) is 0 Å². The lowest BCUT2D eigenvalue weighted by Crippen LogP contribution is -2.41. The van der Waals surface area contributed by atoms with Gasteiger partial charge in [-0.3, -0.25) is 4.79 Å². The van der Waals surface area contributed by atoms with Crippen LogP contribution in [0.2, 0.25) is 0 Å². The zero-order chi connectivity index (χ0) is 14.1. The molecule has 1 fully saturated rings. The summed E-state index contributed by atoms with van der Waals surface area (Å²) in [7, 11) is 0. The van der Waals surface area contributed by atoms with Crippen molar-refractivity contribution in [2.75, 3.05) is 6.54 Å². The Kier molecular flexibility index (Phi) is 3.47. The van der Waals surface area contributed by atoms with Crippen LogP contribution in [0.15, 0.2) is 18.2 Å². The van der Waals surface area contributed by atoms with E-state index in [2.05, 4.69) is 12.1 Å². The summed E-state index contributed by atoms with van der Waals surface area (Å²) < 4.78 is 0. The number of aryl methyl sites for hydroxylation is 2. The van der Waals surface area contributed by atoms with Crippen molar-refractivity contribution in [1.82, 2.24) is 4.90 Å². The summed E-state index contributed by atoms with van der Waals surface area (Å²) in [4.78, 5) is 24.9. The molecule has 4 nitrogen and oxygen atoms in total. The molecule has 0 radical (unpaired) electrons. The fraction of sp³-hybridized carbons (Fsp3) is 0.500. The summed E-state index contributed by atoms with van der Waals surface area (Å²) in [5.74, 6) is -0.947. The highest BCUT2D eigenvalue weighted by Crippen LogP contribution is 2.24. The highest BCUT2D eigenvalue weighted by Gasteiger charge is 2.33. The molecule has 1 saturated heterocycles. The highest BCUT2D eigenvalue weighted by molar-refractivity contribution is 5.85. The number of carbonyl (C=O) groups is 2. The van der Waals surface area contributed by atoms with E-state index in [1.807, 2.05) is 6.07 Å². The van der Waals surface area contributed by atoms with E-state index in [1.165, 1.54) is 22.4 Å². The molecule has 106 valence electrons. The second kappa shape index (κ2) is 5.27. The van der Waals surface area contributed by atoms with E-state index in [9.17, 15) is 9.59 Å². The Hall–Kier alpha value is -1.84. The van der Waals surface area contributed by atoms with Crippen LogP contribution in [0, 0.1) is 0 Å². The first-order chi connectivity index (χ1) is 9.65. The van der Waals surface area contributed by atoms with Crippen LogP contribution in [0.4, 0.5) is 0 Å². The summed E-state index contributed by atoms with van der Waals surface area (Å²) in [6, 6.07) is 5.61. The fourth-order valence-corrected chi connectivity index (χ4v) is 3.33. The number of amides is 1. The molecule has 1 N–H and O–H groups in total. The van der Waals surface area contributed by atoms with Crippen LogP contribution in [-0.4, -0.2) is 34.5 Å². The molecule has 2 aliphatic rings. The van der Waals surface area contributed by atoms with Gasteiger partial charge in [0, 0.05) is 6.54 Å². The van der Waals surface area contributed by atoms with Gasteiger partial charge in [-0.1, -0.05) is 18.2 Å². The average Bonchev–Trinajstić information content (AvgIpc) is 3.06. The van der Waals surface area contributed by atoms with Crippen molar-refractivity contribution in [2.45, 2.75) is 44.6 Å². The minimum Gasteiger partial charge on any atom is -0.480 e. The molecule has 3 rings (SSSR count). The predicted molar refractivity (Wildman–Crippen MR) is 74.5 cm³/mol. The molecule has 1 heterocycles. The van der Waals surface area contributed by atoms with Crippen molar-refractivity contribution in [3.63, 3.8) is 0 Å². The SMILES string of the molecule is O=C(O)[C@H]1CCCN1C(=O)Cc1ccc2c(c1)CCC2. The van der Waals surface area contributed by atoms with E-state index in [0.717, 1.165) is 24.8 Å². The lowest BCUT2D eigenvalue weighted by molar-refractivity contribution is -0.148. The molecular weight excluding hydrogens is 254 g/mol. The fourth-order valence-electron chi connectivity index (χ4n) is 3.33. The number of benzene rings is 1. The van der Waals surface area contributed by atoms with Gasteiger partial charge < -0.3 is 10.0 Å². The predicted octanol–water partition coefficient (Wildman–Crippen LogP) is 1.79. The zero-order valence-electron chi connectivity index (χ0n) is 11.5. The van der Waals surface area contributed by atoms with Gasteiger partial charge in [0.1, 0.15) is 6.04 Å². The van der Waals surface area contributed by atoms with Crippen LogP contribution < -0.4 is 0 Å². The summed E-state index contributed by atoms with van der Waals surface area (Å²) in [5, 5.41) is 9.13. The number of fused-ring (bicyclic) bond motifs is 1. The number of rotatable bonds is 3. The quantitative estimate of drug-likeness (QED) is 0.913. The number of aliphatic carboxylic acids is 1. The largest absolute Gasteiger partial charge is 0.480 e. The van der Waals surface area contributed by atoms with Gasteiger partial charge in [0.15, 0.2) is 0 Å². The molecule has 0 aromatic heterocycles. The lowest BCUT2D eigenvalue weighted by Gasteiger charge is -2.21. The molecule has 0 saturated carbocycles. The average molecular weight is 273 g/mol. The minimum atomic E-state index is -0.884. The van der Waals surface area contributed by atoms with Crippen molar-refractivity contribution in [3.05, 3.63) is 34.9 Å². The molecule has 1 aromatic carbocycles. The number of carboxylic acids is 1. The van der Waals surface area contributed by atoms with Gasteiger partial charge in [0.2, 0.25) is 5.91 Å². The Balaban J connectivity index is 1.71. The summed E-state index contributed by atoms with van der Waals surface area (Å²) >= 11 is 0. The van der Waals surface area contributed by atoms with Gasteiger partial charge in [-0.25, -0.2) is 4.79 Å². The van der Waals surface area contributed by atoms with Crippen molar-refractivity contribution < 1.29 is 14.7 Å². The van der Waals surface area contributed by atoms with E-state index in [0.29, 0.717) is 19.4 Å². The summed E-state index contributed by atoms with van der Waals surface area (Å²) in [5.41, 5.74) is 3.75. The Labute approximate surface area is 118 Å². The minimum absolute atomic E-state index is 0.0622. The maximum atomic E-state index is 12.3. The summed E-state index contributed by atoms with van der Waals surface area (Å²) in [6.07, 6.45) is 5.10. The van der Waals surface area contributed by atoms with Gasteiger partial charge in [0.05, 0.1) is 6.42 Å². The van der Waals surface area contributed by atoms with E-state index in [-0.39, 0.29) is 5.91 Å². The van der Waals surface area contributed by atoms with E-state index >= 15 is 0 Å². The second-order valence-corrected chi connectivity index (χ2v) is 5.72. The number of hydrogen-bond donors (Lipinski definition) is 1. The monoisotopic (exact) mass is 273 g/mol. The molecule has 0 bridgehead atoms. The third-order valence-electron chi connectivity index (χ3n) is 4.38. The molecule has 1 atom stereocenters. The molecule has 1 aliphatic carbocycles. The lowest BCUT2D eigenvalue weighted by atomic mass is 10.0. The highest BCUT2D eigenvalue weighted by atomic mass is 16.4. The Morgan fingerprint density at radius 2 is 2.00 bits per heavy atom. The van der Waals surface area contributed by atoms with E-state index in [4.69, 9.17) is 5.11 Å². The molecule has 0 spiro atoms. The Bertz CT molecular complexity index is 553. The van der Waals surface area contributed by atoms with Crippen molar-refractivity contribution in [1.29, 1.82) is 0 Å². The molecule has 1 aliphatic heterocycles. The first-order valence-corrected chi connectivity index (χ1v) is 7.28. The van der Waals surface area contributed by atoms with Crippen LogP contribution in [0.25, 0.3) is 0 Å². The van der Waals surface area contributed by atoms with Crippen molar-refractivity contribution in [3.8, 4) is 0 Å². The van der Waals surface area contributed by atoms with Gasteiger partial charge in [0.25, 0.3) is 0 Å². The van der Waals surface area contributed by atoms with Gasteiger partial charge >= 0.3 is 5.97 Å². The van der Waals surface area contributed by atoms with Crippen LogP contribution in [0.5, 0.6) is 0 Å². The zero-order valence-corrected chi connectivity index (χ0v) is 11.5. The maximum Gasteiger partial charge on any atom is 0.326 e. The number of hydrogen-bond acceptors (Lipinski definition) is 2. The van der Waals surface area contributed by atoms with Crippen molar-refractivity contribution >= 4 is 11.9 Å². The topological polar surface area (TPSA) is 57.6 Å². The van der Waals surface area contributed by atoms with Crippen LogP contribution in [0.1, 0.15) is 36.0 Å². The van der Waals surface area contributed by atoms with Gasteiger partial charge in [-0.05, 0) is 48.8 Å². The normalized spacial score (nSPS) is 21.0. The first kappa shape index (κ1) is 13.2. The number of carbonyl (C=O) groups excluding carboxylic acids is 1. The third-order valence-corrected chi connectivity index (χ3v) is 4.38. The van der Waals surface area contributed by atoms with Gasteiger partial charge in [-0.15, -0.1) is 0 Å².